The number of carbonyl (C=O) groups is 3. The normalized spacial score (nSPS) is 12.2. The molecule has 6 heteroatoms. The lowest BCUT2D eigenvalue weighted by molar-refractivity contribution is -0.167. The minimum atomic E-state index is -0.796. The Morgan fingerprint density at radius 2 is 0.493 bits per heavy atom. The van der Waals surface area contributed by atoms with Gasteiger partial charge in [-0.15, -0.1) is 0 Å². The summed E-state index contributed by atoms with van der Waals surface area (Å²) in [4.78, 5) is 38.3. The molecule has 0 heterocycles. The Balaban J connectivity index is 4.35. The molecule has 440 valence electrons. The first-order valence-corrected chi connectivity index (χ1v) is 33.5. The average Bonchev–Trinajstić information content (AvgIpc) is 3.41. The number of hydrogen-bond donors (Lipinski definition) is 0. The van der Waals surface area contributed by atoms with Crippen LogP contribution in [0.15, 0.2) is 36.5 Å². The number of rotatable bonds is 62. The Bertz CT molecular complexity index is 1250. The van der Waals surface area contributed by atoms with Gasteiger partial charge in [-0.3, -0.25) is 14.4 Å². The van der Waals surface area contributed by atoms with Crippen molar-refractivity contribution in [3.63, 3.8) is 0 Å². The number of allylic oxidation sites excluding steroid dienone is 6. The summed E-state index contributed by atoms with van der Waals surface area (Å²) in [5, 5.41) is 0. The third-order valence-electron chi connectivity index (χ3n) is 15.1. The fourth-order valence-electron chi connectivity index (χ4n) is 10.1. The van der Waals surface area contributed by atoms with Gasteiger partial charge in [0, 0.05) is 19.3 Å². The molecule has 0 bridgehead atoms. The maximum atomic E-state index is 12.9. The second-order valence-electron chi connectivity index (χ2n) is 22.7. The van der Waals surface area contributed by atoms with E-state index in [1.54, 1.807) is 0 Å². The Kier molecular flexibility index (Phi) is 62.1. The van der Waals surface area contributed by atoms with E-state index in [-0.39, 0.29) is 37.5 Å². The average molecular weight is 1050 g/mol. The van der Waals surface area contributed by atoms with E-state index >= 15 is 0 Å². The molecule has 1 atom stereocenters. The zero-order valence-electron chi connectivity index (χ0n) is 50.6. The maximum absolute atomic E-state index is 12.9. The standard InChI is InChI=1S/C69H128O6/c1-4-7-10-13-16-19-22-25-28-31-33-34-36-39-41-44-47-50-53-56-59-62-68(71)74-65-66(75-69(72)63-60-57-54-51-48-45-42-37-30-27-24-21-18-15-12-9-6-3)64-73-67(70)61-58-55-52-49-46-43-40-38-35-32-29-26-23-20-17-14-11-8-5-2/h27,30,42,45,51,54,66H,4-26,28-29,31-41,43-44,46-50,52-53,55-65H2,1-3H3/b30-27-,45-42-,54-51-. The molecule has 1 unspecified atom stereocenters. The van der Waals surface area contributed by atoms with Crippen molar-refractivity contribution in [1.29, 1.82) is 0 Å². The summed E-state index contributed by atoms with van der Waals surface area (Å²) in [7, 11) is 0. The van der Waals surface area contributed by atoms with Gasteiger partial charge in [0.15, 0.2) is 6.10 Å². The van der Waals surface area contributed by atoms with Gasteiger partial charge in [-0.1, -0.05) is 333 Å². The van der Waals surface area contributed by atoms with Gasteiger partial charge >= 0.3 is 17.9 Å². The SMILES string of the molecule is CCCCCCCC/C=C\C/C=C\C/C=C\CCCC(=O)OC(COC(=O)CCCCCCCCCCCCCCCCCCCCC)COC(=O)CCCCCCCCCCCCCCCCCCCCCCC. The second-order valence-corrected chi connectivity index (χ2v) is 22.7. The minimum Gasteiger partial charge on any atom is -0.462 e. The van der Waals surface area contributed by atoms with E-state index in [9.17, 15) is 14.4 Å². The van der Waals surface area contributed by atoms with Gasteiger partial charge in [-0.2, -0.15) is 0 Å². The molecule has 0 spiro atoms. The third kappa shape index (κ3) is 62.4. The summed E-state index contributed by atoms with van der Waals surface area (Å²) in [5.41, 5.74) is 0. The van der Waals surface area contributed by atoms with E-state index < -0.39 is 6.10 Å². The van der Waals surface area contributed by atoms with Crippen LogP contribution in [-0.2, 0) is 28.6 Å². The van der Waals surface area contributed by atoms with Crippen molar-refractivity contribution in [2.75, 3.05) is 13.2 Å². The van der Waals surface area contributed by atoms with E-state index in [1.807, 2.05) is 0 Å². The monoisotopic (exact) mass is 1050 g/mol. The molecule has 0 aromatic carbocycles. The summed E-state index contributed by atoms with van der Waals surface area (Å²) in [5.74, 6) is -0.911. The maximum Gasteiger partial charge on any atom is 0.306 e. The van der Waals surface area contributed by atoms with Crippen LogP contribution in [0.4, 0.5) is 0 Å². The molecule has 0 aliphatic carbocycles. The van der Waals surface area contributed by atoms with Crippen LogP contribution in [0.1, 0.15) is 367 Å². The molecule has 0 amide bonds. The topological polar surface area (TPSA) is 78.9 Å². The molecule has 0 aromatic rings. The molecule has 6 nitrogen and oxygen atoms in total. The smallest absolute Gasteiger partial charge is 0.306 e. The van der Waals surface area contributed by atoms with Crippen molar-refractivity contribution in [3.8, 4) is 0 Å². The molecular weight excluding hydrogens is 925 g/mol. The minimum absolute atomic E-state index is 0.0865. The van der Waals surface area contributed by atoms with E-state index in [0.29, 0.717) is 19.3 Å². The Morgan fingerprint density at radius 1 is 0.267 bits per heavy atom. The lowest BCUT2D eigenvalue weighted by atomic mass is 10.0. The van der Waals surface area contributed by atoms with Crippen molar-refractivity contribution in [2.24, 2.45) is 0 Å². The number of unbranched alkanes of at least 4 members (excludes halogenated alkanes) is 45. The van der Waals surface area contributed by atoms with Crippen molar-refractivity contribution < 1.29 is 28.6 Å². The molecule has 0 rings (SSSR count). The fraction of sp³-hybridized carbons (Fsp3) is 0.870. The molecule has 0 aliphatic rings. The second kappa shape index (κ2) is 64.2. The zero-order chi connectivity index (χ0) is 54.3. The lowest BCUT2D eigenvalue weighted by Gasteiger charge is -2.18. The lowest BCUT2D eigenvalue weighted by Crippen LogP contribution is -2.30. The van der Waals surface area contributed by atoms with Crippen LogP contribution in [0, 0.1) is 0 Å². The quantitative estimate of drug-likeness (QED) is 0.0261. The van der Waals surface area contributed by atoms with Gasteiger partial charge in [0.05, 0.1) is 0 Å². The van der Waals surface area contributed by atoms with Crippen LogP contribution in [0.3, 0.4) is 0 Å². The number of carbonyl (C=O) groups excluding carboxylic acids is 3. The van der Waals surface area contributed by atoms with Crippen molar-refractivity contribution >= 4 is 17.9 Å². The predicted octanol–water partition coefficient (Wildman–Crippen LogP) is 22.8. The van der Waals surface area contributed by atoms with E-state index in [2.05, 4.69) is 57.2 Å². The molecule has 0 aromatic heterocycles. The third-order valence-corrected chi connectivity index (χ3v) is 15.1. The van der Waals surface area contributed by atoms with Crippen LogP contribution in [-0.4, -0.2) is 37.2 Å². The summed E-state index contributed by atoms with van der Waals surface area (Å²) in [6.07, 6.45) is 78.8. The highest BCUT2D eigenvalue weighted by Crippen LogP contribution is 2.18. The highest BCUT2D eigenvalue weighted by molar-refractivity contribution is 5.71. The molecule has 0 saturated heterocycles. The van der Waals surface area contributed by atoms with Crippen molar-refractivity contribution in [2.45, 2.75) is 374 Å². The van der Waals surface area contributed by atoms with E-state index in [0.717, 1.165) is 57.8 Å². The van der Waals surface area contributed by atoms with Crippen LogP contribution < -0.4 is 0 Å². The van der Waals surface area contributed by atoms with E-state index in [1.165, 1.54) is 263 Å². The number of ether oxygens (including phenoxy) is 3. The first-order valence-electron chi connectivity index (χ1n) is 33.5. The summed E-state index contributed by atoms with van der Waals surface area (Å²) in [6, 6.07) is 0. The highest BCUT2D eigenvalue weighted by atomic mass is 16.6. The largest absolute Gasteiger partial charge is 0.462 e. The van der Waals surface area contributed by atoms with Gasteiger partial charge in [-0.05, 0) is 51.4 Å². The number of hydrogen-bond acceptors (Lipinski definition) is 6. The molecular formula is C69H128O6. The predicted molar refractivity (Wildman–Crippen MR) is 326 cm³/mol. The molecule has 0 saturated carbocycles. The Morgan fingerprint density at radius 3 is 0.787 bits per heavy atom. The van der Waals surface area contributed by atoms with Crippen LogP contribution in [0.2, 0.25) is 0 Å². The number of esters is 3. The van der Waals surface area contributed by atoms with E-state index in [4.69, 9.17) is 14.2 Å². The highest BCUT2D eigenvalue weighted by Gasteiger charge is 2.19. The summed E-state index contributed by atoms with van der Waals surface area (Å²) in [6.45, 7) is 6.67. The Hall–Kier alpha value is -2.37. The first-order chi connectivity index (χ1) is 37.0. The van der Waals surface area contributed by atoms with Gasteiger partial charge in [-0.25, -0.2) is 0 Å². The van der Waals surface area contributed by atoms with Crippen LogP contribution in [0.5, 0.6) is 0 Å². The van der Waals surface area contributed by atoms with Gasteiger partial charge in [0.2, 0.25) is 0 Å². The molecule has 0 aliphatic heterocycles. The van der Waals surface area contributed by atoms with Crippen molar-refractivity contribution in [3.05, 3.63) is 36.5 Å². The summed E-state index contributed by atoms with van der Waals surface area (Å²) >= 11 is 0. The van der Waals surface area contributed by atoms with Gasteiger partial charge in [0.25, 0.3) is 0 Å². The van der Waals surface area contributed by atoms with Crippen LogP contribution in [0.25, 0.3) is 0 Å². The fourth-order valence-corrected chi connectivity index (χ4v) is 10.1. The molecule has 75 heavy (non-hydrogen) atoms. The Labute approximate surface area is 467 Å². The van der Waals surface area contributed by atoms with Gasteiger partial charge < -0.3 is 14.2 Å². The zero-order valence-corrected chi connectivity index (χ0v) is 50.6. The van der Waals surface area contributed by atoms with Crippen molar-refractivity contribution in [1.82, 2.24) is 0 Å². The molecule has 0 fully saturated rings. The molecule has 0 N–H and O–H groups in total. The van der Waals surface area contributed by atoms with Crippen LogP contribution >= 0.6 is 0 Å². The summed E-state index contributed by atoms with van der Waals surface area (Å²) < 4.78 is 16.9. The first kappa shape index (κ1) is 72.6. The van der Waals surface area contributed by atoms with Gasteiger partial charge in [0.1, 0.15) is 13.2 Å². The molecule has 0 radical (unpaired) electrons.